The zero-order chi connectivity index (χ0) is 13.8. The van der Waals surface area contributed by atoms with Crippen molar-refractivity contribution < 1.29 is 19.5 Å². The molecule has 1 fully saturated rings. The highest BCUT2D eigenvalue weighted by atomic mass is 16.6. The van der Waals surface area contributed by atoms with Crippen molar-refractivity contribution in [1.82, 2.24) is 4.90 Å². The first-order chi connectivity index (χ1) is 8.31. The van der Waals surface area contributed by atoms with Gasteiger partial charge in [-0.25, -0.2) is 4.79 Å². The van der Waals surface area contributed by atoms with Crippen LogP contribution in [-0.4, -0.2) is 46.9 Å². The molecule has 1 saturated heterocycles. The topological polar surface area (TPSA) is 79.2 Å². The molecule has 102 valence electrons. The fraction of sp³-hybridized carbons (Fsp3) is 0.750. The Hall–Kier alpha value is -1.59. The van der Waals surface area contributed by atoms with Crippen molar-refractivity contribution in [3.8, 4) is 0 Å². The van der Waals surface area contributed by atoms with Gasteiger partial charge in [-0.1, -0.05) is 5.16 Å². The van der Waals surface area contributed by atoms with E-state index in [9.17, 15) is 9.59 Å². The number of ketones is 1. The summed E-state index contributed by atoms with van der Waals surface area (Å²) in [7, 11) is 0. The maximum absolute atomic E-state index is 11.8. The van der Waals surface area contributed by atoms with Gasteiger partial charge in [0.25, 0.3) is 0 Å². The molecule has 1 amide bonds. The minimum absolute atomic E-state index is 0.114. The number of nitrogens with zero attached hydrogens (tertiary/aromatic N) is 2. The number of likely N-dealkylation sites (tertiary alicyclic amines) is 1. The molecule has 0 aromatic carbocycles. The third-order valence-corrected chi connectivity index (χ3v) is 2.63. The molecule has 1 N–H and O–H groups in total. The maximum atomic E-state index is 11.8. The van der Waals surface area contributed by atoms with E-state index >= 15 is 0 Å². The van der Waals surface area contributed by atoms with Gasteiger partial charge in [-0.05, 0) is 33.1 Å². The highest BCUT2D eigenvalue weighted by molar-refractivity contribution is 6.27. The van der Waals surface area contributed by atoms with E-state index in [4.69, 9.17) is 9.94 Å². The summed E-state index contributed by atoms with van der Waals surface area (Å²) in [6, 6.07) is 0. The van der Waals surface area contributed by atoms with Crippen LogP contribution in [0.15, 0.2) is 5.16 Å². The Kier molecular flexibility index (Phi) is 4.69. The van der Waals surface area contributed by atoms with E-state index in [-0.39, 0.29) is 17.8 Å². The van der Waals surface area contributed by atoms with Gasteiger partial charge in [-0.2, -0.15) is 0 Å². The van der Waals surface area contributed by atoms with Gasteiger partial charge in [0.2, 0.25) is 0 Å². The van der Waals surface area contributed by atoms with Crippen molar-refractivity contribution in [2.75, 3.05) is 13.1 Å². The first-order valence-corrected chi connectivity index (χ1v) is 6.00. The standard InChI is InChI=1S/C12H20N2O4/c1-12(2,3)18-11(16)14-5-4-9(8-14)6-10(15)7-13-17/h7,9,17H,4-6,8H2,1-3H3/b13-7+/t9-/m0/s1. The molecule has 0 aromatic rings. The average molecular weight is 256 g/mol. The monoisotopic (exact) mass is 256 g/mol. The summed E-state index contributed by atoms with van der Waals surface area (Å²) >= 11 is 0. The van der Waals surface area contributed by atoms with E-state index in [2.05, 4.69) is 5.16 Å². The molecule has 0 spiro atoms. The van der Waals surface area contributed by atoms with E-state index in [0.717, 1.165) is 12.6 Å². The van der Waals surface area contributed by atoms with Crippen molar-refractivity contribution >= 4 is 18.1 Å². The fourth-order valence-electron chi connectivity index (χ4n) is 1.89. The van der Waals surface area contributed by atoms with E-state index in [0.29, 0.717) is 19.5 Å². The van der Waals surface area contributed by atoms with Gasteiger partial charge in [0, 0.05) is 19.5 Å². The molecule has 6 nitrogen and oxygen atoms in total. The predicted molar refractivity (Wildman–Crippen MR) is 65.8 cm³/mol. The quantitative estimate of drug-likeness (QED) is 0.473. The Morgan fingerprint density at radius 2 is 2.17 bits per heavy atom. The predicted octanol–water partition coefficient (Wildman–Crippen LogP) is 1.66. The summed E-state index contributed by atoms with van der Waals surface area (Å²) in [4.78, 5) is 24.6. The second-order valence-electron chi connectivity index (χ2n) is 5.50. The van der Waals surface area contributed by atoms with Gasteiger partial charge in [0.1, 0.15) is 11.8 Å². The van der Waals surface area contributed by atoms with Crippen molar-refractivity contribution in [3.05, 3.63) is 0 Å². The third-order valence-electron chi connectivity index (χ3n) is 2.63. The van der Waals surface area contributed by atoms with Crippen LogP contribution in [0.2, 0.25) is 0 Å². The van der Waals surface area contributed by atoms with Gasteiger partial charge in [-0.15, -0.1) is 0 Å². The average Bonchev–Trinajstić information content (AvgIpc) is 2.63. The van der Waals surface area contributed by atoms with Gasteiger partial charge in [0.05, 0.1) is 0 Å². The third kappa shape index (κ3) is 4.73. The van der Waals surface area contributed by atoms with Crippen molar-refractivity contribution in [2.45, 2.75) is 39.2 Å². The van der Waals surface area contributed by atoms with Gasteiger partial charge in [0.15, 0.2) is 5.78 Å². The lowest BCUT2D eigenvalue weighted by molar-refractivity contribution is -0.113. The number of carbonyl (C=O) groups excluding carboxylic acids is 2. The lowest BCUT2D eigenvalue weighted by Gasteiger charge is -2.24. The minimum atomic E-state index is -0.505. The summed E-state index contributed by atoms with van der Waals surface area (Å²) < 4.78 is 5.26. The van der Waals surface area contributed by atoms with Crippen molar-refractivity contribution in [1.29, 1.82) is 0 Å². The second-order valence-corrected chi connectivity index (χ2v) is 5.50. The van der Waals surface area contributed by atoms with Gasteiger partial charge < -0.3 is 14.8 Å². The SMILES string of the molecule is CC(C)(C)OC(=O)N1CC[C@@H](CC(=O)/C=N/O)C1. The Labute approximate surface area is 107 Å². The maximum Gasteiger partial charge on any atom is 0.410 e. The molecule has 18 heavy (non-hydrogen) atoms. The molecule has 0 unspecified atom stereocenters. The van der Waals surface area contributed by atoms with Crippen LogP contribution >= 0.6 is 0 Å². The molecular weight excluding hydrogens is 236 g/mol. The normalized spacial score (nSPS) is 20.4. The number of rotatable bonds is 3. The van der Waals surface area contributed by atoms with Crippen LogP contribution in [0.1, 0.15) is 33.6 Å². The highest BCUT2D eigenvalue weighted by Gasteiger charge is 2.30. The summed E-state index contributed by atoms with van der Waals surface area (Å²) in [5.74, 6) is -0.114. The lowest BCUT2D eigenvalue weighted by atomic mass is 10.0. The molecule has 0 radical (unpaired) electrons. The number of oxime groups is 1. The van der Waals surface area contributed by atoms with Crippen LogP contribution in [0, 0.1) is 5.92 Å². The van der Waals surface area contributed by atoms with E-state index in [1.165, 1.54) is 0 Å². The van der Waals surface area contributed by atoms with E-state index in [1.807, 2.05) is 20.8 Å². The Bertz CT molecular complexity index is 346. The molecule has 1 rings (SSSR count). The van der Waals surface area contributed by atoms with Crippen LogP contribution in [0.25, 0.3) is 0 Å². The number of carbonyl (C=O) groups is 2. The molecule has 0 aliphatic carbocycles. The first-order valence-electron chi connectivity index (χ1n) is 6.00. The molecule has 1 heterocycles. The number of hydrogen-bond acceptors (Lipinski definition) is 5. The molecule has 0 saturated carbocycles. The summed E-state index contributed by atoms with van der Waals surface area (Å²) in [6.07, 6.45) is 1.62. The molecule has 1 aliphatic heterocycles. The van der Waals surface area contributed by atoms with Crippen molar-refractivity contribution in [3.63, 3.8) is 0 Å². The van der Waals surface area contributed by atoms with E-state index in [1.54, 1.807) is 4.90 Å². The molecular formula is C12H20N2O4. The second kappa shape index (κ2) is 5.84. The Morgan fingerprint density at radius 1 is 1.50 bits per heavy atom. The molecule has 1 aliphatic rings. The summed E-state index contributed by atoms with van der Waals surface area (Å²) in [5, 5.41) is 10.9. The van der Waals surface area contributed by atoms with Crippen LogP contribution in [0.5, 0.6) is 0 Å². The summed E-state index contributed by atoms with van der Waals surface area (Å²) in [6.45, 7) is 6.57. The molecule has 6 heteroatoms. The number of hydrogen-bond donors (Lipinski definition) is 1. The highest BCUT2D eigenvalue weighted by Crippen LogP contribution is 2.21. The van der Waals surface area contributed by atoms with Crippen molar-refractivity contribution in [2.24, 2.45) is 11.1 Å². The minimum Gasteiger partial charge on any atom is -0.444 e. The Balaban J connectivity index is 2.41. The Morgan fingerprint density at radius 3 is 2.72 bits per heavy atom. The number of ether oxygens (including phenoxy) is 1. The van der Waals surface area contributed by atoms with Crippen LogP contribution in [0.3, 0.4) is 0 Å². The number of amides is 1. The van der Waals surface area contributed by atoms with Crippen LogP contribution < -0.4 is 0 Å². The first kappa shape index (κ1) is 14.5. The number of Topliss-reactive ketones (excluding diaryl/α,β-unsaturated/α-hetero) is 1. The zero-order valence-electron chi connectivity index (χ0n) is 11.0. The summed E-state index contributed by atoms with van der Waals surface area (Å²) in [5.41, 5.74) is -0.505. The molecule has 0 bridgehead atoms. The molecule has 1 atom stereocenters. The smallest absolute Gasteiger partial charge is 0.410 e. The van der Waals surface area contributed by atoms with Gasteiger partial charge >= 0.3 is 6.09 Å². The van der Waals surface area contributed by atoms with E-state index < -0.39 is 5.60 Å². The molecule has 0 aromatic heterocycles. The van der Waals surface area contributed by atoms with Crippen LogP contribution in [-0.2, 0) is 9.53 Å². The lowest BCUT2D eigenvalue weighted by Crippen LogP contribution is -2.35. The zero-order valence-corrected chi connectivity index (χ0v) is 11.0. The van der Waals surface area contributed by atoms with Gasteiger partial charge in [-0.3, -0.25) is 4.79 Å². The largest absolute Gasteiger partial charge is 0.444 e. The fourth-order valence-corrected chi connectivity index (χ4v) is 1.89. The van der Waals surface area contributed by atoms with Crippen LogP contribution in [0.4, 0.5) is 4.79 Å².